The molecule has 78 valence electrons. The fraction of sp³-hybridized carbons (Fsp3) is 1.00. The molecule has 13 heavy (non-hydrogen) atoms. The zero-order valence-corrected chi connectivity index (χ0v) is 8.81. The summed E-state index contributed by atoms with van der Waals surface area (Å²) < 4.78 is 29.4. The van der Waals surface area contributed by atoms with E-state index in [0.29, 0.717) is 6.67 Å². The number of nitrogens with zero attached hydrogens (tertiary/aromatic N) is 2. The Labute approximate surface area is 83.0 Å². The molecule has 1 rings (SSSR count). The van der Waals surface area contributed by atoms with Crippen molar-refractivity contribution in [1.82, 2.24) is 15.3 Å². The summed E-state index contributed by atoms with van der Waals surface area (Å²) in [6.45, 7) is 0.800. The lowest BCUT2D eigenvalue weighted by molar-refractivity contribution is 0.264. The average molecular weight is 226 g/mol. The van der Waals surface area contributed by atoms with Crippen molar-refractivity contribution in [3.05, 3.63) is 0 Å². The van der Waals surface area contributed by atoms with E-state index in [1.165, 1.54) is 0 Å². The molecule has 1 unspecified atom stereocenters. The lowest BCUT2D eigenvalue weighted by Gasteiger charge is -2.26. The zero-order chi connectivity index (χ0) is 10.1. The molecule has 6 nitrogen and oxygen atoms in total. The summed E-state index contributed by atoms with van der Waals surface area (Å²) in [6.07, 6.45) is 0. The van der Waals surface area contributed by atoms with E-state index in [-0.39, 0.29) is 17.8 Å². The van der Waals surface area contributed by atoms with Crippen LogP contribution in [0.2, 0.25) is 0 Å². The average Bonchev–Trinajstić information content (AvgIpc) is 2.24. The van der Waals surface area contributed by atoms with Crippen molar-refractivity contribution < 1.29 is 13.0 Å². The van der Waals surface area contributed by atoms with E-state index in [2.05, 4.69) is 5.43 Å². The monoisotopic (exact) mass is 226 g/mol. The van der Waals surface area contributed by atoms with Gasteiger partial charge in [0.15, 0.2) is 0 Å². The van der Waals surface area contributed by atoms with Gasteiger partial charge in [0.25, 0.3) is 10.1 Å². The molecule has 1 heterocycles. The first-order valence-electron chi connectivity index (χ1n) is 3.71. The standard InChI is InChI=1S/C5H13N3O3S2/c1-7-4-8(5(12)6-7)2-3-13(9,10)11/h5-6,12H,2-4H2,1H3,(H,9,10,11)/p-1. The number of hydrogen-bond donors (Lipinski definition) is 2. The van der Waals surface area contributed by atoms with Gasteiger partial charge in [-0.1, -0.05) is 0 Å². The third-order valence-electron chi connectivity index (χ3n) is 1.69. The molecule has 2 N–H and O–H groups in total. The second-order valence-electron chi connectivity index (χ2n) is 2.92. The third-order valence-corrected chi connectivity index (χ3v) is 2.79. The Balaban J connectivity index is 2.38. The molecule has 1 atom stereocenters. The lowest BCUT2D eigenvalue weighted by Crippen LogP contribution is -2.37. The molecule has 1 aliphatic heterocycles. The van der Waals surface area contributed by atoms with E-state index in [1.807, 2.05) is 7.05 Å². The molecule has 0 amide bonds. The van der Waals surface area contributed by atoms with Crippen LogP contribution in [0.15, 0.2) is 0 Å². The zero-order valence-electron chi connectivity index (χ0n) is 7.17. The minimum absolute atomic E-state index is 0.240. The summed E-state index contributed by atoms with van der Waals surface area (Å²) >= 11 is 4.99. The van der Waals surface area contributed by atoms with Crippen molar-refractivity contribution in [1.29, 1.82) is 0 Å². The van der Waals surface area contributed by atoms with E-state index >= 15 is 0 Å². The summed E-state index contributed by atoms with van der Waals surface area (Å²) in [5.41, 5.74) is 2.60. The Kier molecular flexibility index (Phi) is 3.55. The smallest absolute Gasteiger partial charge is 0.266 e. The quantitative estimate of drug-likeness (QED) is 0.444. The van der Waals surface area contributed by atoms with Gasteiger partial charge in [0.05, 0.1) is 12.4 Å². The van der Waals surface area contributed by atoms with E-state index in [1.54, 1.807) is 9.91 Å². The second kappa shape index (κ2) is 4.11. The first-order chi connectivity index (χ1) is 5.88. The van der Waals surface area contributed by atoms with Crippen LogP contribution in [-0.2, 0) is 22.7 Å². The van der Waals surface area contributed by atoms with Gasteiger partial charge in [0, 0.05) is 13.6 Å². The van der Waals surface area contributed by atoms with E-state index < -0.39 is 10.1 Å². The Bertz CT molecular complexity index is 268. The first-order valence-corrected chi connectivity index (χ1v) is 5.79. The topological polar surface area (TPSA) is 72.9 Å². The molecule has 0 bridgehead atoms. The molecule has 0 saturated carbocycles. The minimum Gasteiger partial charge on any atom is -0.757 e. The number of nitrogens with one attached hydrogen (secondary N) is 1. The highest BCUT2D eigenvalue weighted by Crippen LogP contribution is 2.04. The SMILES string of the molecule is CN1CN(CCS(=O)(=O)O)C([S-])N1. The summed E-state index contributed by atoms with van der Waals surface area (Å²) in [5, 5.41) is 1.77. The van der Waals surface area contributed by atoms with Crippen LogP contribution in [0.25, 0.3) is 0 Å². The molecule has 0 aromatic carbocycles. The van der Waals surface area contributed by atoms with Crippen molar-refractivity contribution in [2.75, 3.05) is 26.0 Å². The highest BCUT2D eigenvalue weighted by Gasteiger charge is 2.19. The van der Waals surface area contributed by atoms with Crippen LogP contribution in [0.5, 0.6) is 0 Å². The molecule has 0 aromatic rings. The van der Waals surface area contributed by atoms with Crippen LogP contribution in [-0.4, -0.2) is 54.4 Å². The minimum atomic E-state index is -3.89. The molecule has 1 aliphatic rings. The maximum Gasteiger partial charge on any atom is 0.266 e. The van der Waals surface area contributed by atoms with Gasteiger partial charge in [-0.2, -0.15) is 8.42 Å². The van der Waals surface area contributed by atoms with Gasteiger partial charge in [-0.3, -0.25) is 14.9 Å². The third kappa shape index (κ3) is 3.79. The molecular formula is C5H12N3O3S2-. The normalized spacial score (nSPS) is 26.8. The molecule has 0 aliphatic carbocycles. The Hall–Kier alpha value is 0.140. The maximum absolute atomic E-state index is 10.4. The molecule has 8 heteroatoms. The van der Waals surface area contributed by atoms with E-state index in [4.69, 9.17) is 17.2 Å². The highest BCUT2D eigenvalue weighted by atomic mass is 32.2. The predicted octanol–water partition coefficient (Wildman–Crippen LogP) is -1.59. The highest BCUT2D eigenvalue weighted by molar-refractivity contribution is 7.85. The predicted molar refractivity (Wildman–Crippen MR) is 50.0 cm³/mol. The number of rotatable bonds is 3. The van der Waals surface area contributed by atoms with Crippen molar-refractivity contribution in [3.63, 3.8) is 0 Å². The van der Waals surface area contributed by atoms with E-state index in [9.17, 15) is 8.42 Å². The number of hydrogen-bond acceptors (Lipinski definition) is 6. The van der Waals surface area contributed by atoms with Crippen LogP contribution in [0.3, 0.4) is 0 Å². The molecular weight excluding hydrogens is 214 g/mol. The van der Waals surface area contributed by atoms with Crippen molar-refractivity contribution in [3.8, 4) is 0 Å². The largest absolute Gasteiger partial charge is 0.757 e. The Morgan fingerprint density at radius 2 is 2.31 bits per heavy atom. The number of hydrazine groups is 1. The van der Waals surface area contributed by atoms with Crippen LogP contribution in [0.4, 0.5) is 0 Å². The summed E-state index contributed by atoms with van der Waals surface area (Å²) in [6, 6.07) is 0. The van der Waals surface area contributed by atoms with Gasteiger partial charge in [-0.25, -0.2) is 5.01 Å². The van der Waals surface area contributed by atoms with Gasteiger partial charge in [0.1, 0.15) is 0 Å². The van der Waals surface area contributed by atoms with Gasteiger partial charge < -0.3 is 12.6 Å². The van der Waals surface area contributed by atoms with Gasteiger partial charge in [-0.15, -0.1) is 0 Å². The van der Waals surface area contributed by atoms with Gasteiger partial charge in [-0.05, 0) is 5.50 Å². The molecule has 0 spiro atoms. The Morgan fingerprint density at radius 1 is 1.69 bits per heavy atom. The molecule has 1 fully saturated rings. The molecule has 0 radical (unpaired) electrons. The van der Waals surface area contributed by atoms with Crippen molar-refractivity contribution >= 4 is 22.7 Å². The van der Waals surface area contributed by atoms with Crippen LogP contribution < -0.4 is 5.43 Å². The summed E-state index contributed by atoms with van der Waals surface area (Å²) in [4.78, 5) is 1.74. The van der Waals surface area contributed by atoms with Crippen molar-refractivity contribution in [2.24, 2.45) is 0 Å². The molecule has 1 saturated heterocycles. The van der Waals surface area contributed by atoms with Crippen LogP contribution in [0, 0.1) is 0 Å². The van der Waals surface area contributed by atoms with Gasteiger partial charge >= 0.3 is 0 Å². The van der Waals surface area contributed by atoms with Crippen molar-refractivity contribution in [2.45, 2.75) is 5.50 Å². The van der Waals surface area contributed by atoms with E-state index in [0.717, 1.165) is 0 Å². The summed E-state index contributed by atoms with van der Waals surface area (Å²) in [7, 11) is -2.07. The fourth-order valence-electron chi connectivity index (χ4n) is 1.08. The van der Waals surface area contributed by atoms with Crippen LogP contribution in [0.1, 0.15) is 0 Å². The Morgan fingerprint density at radius 3 is 2.69 bits per heavy atom. The second-order valence-corrected chi connectivity index (χ2v) is 4.94. The van der Waals surface area contributed by atoms with Crippen LogP contribution >= 0.6 is 0 Å². The maximum atomic E-state index is 10.4. The summed E-state index contributed by atoms with van der Waals surface area (Å²) in [5.74, 6) is -0.282. The van der Waals surface area contributed by atoms with Gasteiger partial charge in [0.2, 0.25) is 0 Å². The first kappa shape index (κ1) is 11.2. The lowest BCUT2D eigenvalue weighted by atomic mass is 10.6. The fourth-order valence-corrected chi connectivity index (χ4v) is 1.90. The molecule has 0 aromatic heterocycles.